The van der Waals surface area contributed by atoms with E-state index in [4.69, 9.17) is 16.7 Å². The van der Waals surface area contributed by atoms with Gasteiger partial charge in [0.1, 0.15) is 0 Å². The molecule has 0 heterocycles. The molecule has 0 fully saturated rings. The highest BCUT2D eigenvalue weighted by atomic mass is 35.5. The van der Waals surface area contributed by atoms with Gasteiger partial charge in [0.05, 0.1) is 6.61 Å². The smallest absolute Gasteiger partial charge is 0.0558 e. The van der Waals surface area contributed by atoms with Crippen LogP contribution in [0.1, 0.15) is 12.0 Å². The summed E-state index contributed by atoms with van der Waals surface area (Å²) in [5.74, 6) is 0. The Kier molecular flexibility index (Phi) is 5.69. The minimum Gasteiger partial charge on any atom is -0.395 e. The molecule has 0 saturated carbocycles. The number of aryl methyl sites for hydroxylation is 1. The molecule has 0 unspecified atom stereocenters. The zero-order chi connectivity index (χ0) is 11.1. The molecule has 0 atom stereocenters. The molecule has 0 spiro atoms. The molecule has 84 valence electrons. The van der Waals surface area contributed by atoms with E-state index in [1.807, 2.05) is 19.2 Å². The topological polar surface area (TPSA) is 23.5 Å². The van der Waals surface area contributed by atoms with Crippen LogP contribution in [0.25, 0.3) is 0 Å². The lowest BCUT2D eigenvalue weighted by Crippen LogP contribution is -2.23. The van der Waals surface area contributed by atoms with Crippen molar-refractivity contribution in [1.82, 2.24) is 4.90 Å². The van der Waals surface area contributed by atoms with Gasteiger partial charge < -0.3 is 10.0 Å². The Balaban J connectivity index is 2.22. The maximum absolute atomic E-state index is 8.73. The molecule has 0 saturated heterocycles. The monoisotopic (exact) mass is 227 g/mol. The summed E-state index contributed by atoms with van der Waals surface area (Å²) in [6.45, 7) is 2.00. The van der Waals surface area contributed by atoms with Crippen LogP contribution in [-0.2, 0) is 6.42 Å². The normalized spacial score (nSPS) is 10.9. The molecule has 1 aromatic rings. The summed E-state index contributed by atoms with van der Waals surface area (Å²) in [6.07, 6.45) is 2.17. The highest BCUT2D eigenvalue weighted by molar-refractivity contribution is 6.30. The van der Waals surface area contributed by atoms with Gasteiger partial charge in [-0.1, -0.05) is 23.7 Å². The standard InChI is InChI=1S/C12H18ClNO/c1-14(9-10-15)8-2-3-11-4-6-12(13)7-5-11/h4-7,15H,2-3,8-10H2,1H3. The highest BCUT2D eigenvalue weighted by Gasteiger charge is 1.98. The van der Waals surface area contributed by atoms with Crippen molar-refractivity contribution in [2.24, 2.45) is 0 Å². The number of aliphatic hydroxyl groups is 1. The Labute approximate surface area is 96.5 Å². The maximum Gasteiger partial charge on any atom is 0.0558 e. The van der Waals surface area contributed by atoms with Crippen molar-refractivity contribution in [3.63, 3.8) is 0 Å². The predicted octanol–water partition coefficient (Wildman–Crippen LogP) is 2.20. The molecule has 0 radical (unpaired) electrons. The largest absolute Gasteiger partial charge is 0.395 e. The zero-order valence-electron chi connectivity index (χ0n) is 9.12. The summed E-state index contributed by atoms with van der Waals surface area (Å²) in [4.78, 5) is 2.13. The number of likely N-dealkylation sites (N-methyl/N-ethyl adjacent to an activating group) is 1. The second-order valence-electron chi connectivity index (χ2n) is 3.76. The SMILES string of the molecule is CN(CCO)CCCc1ccc(Cl)cc1. The van der Waals surface area contributed by atoms with Crippen LogP contribution in [0.4, 0.5) is 0 Å². The van der Waals surface area contributed by atoms with Crippen molar-refractivity contribution in [2.75, 3.05) is 26.7 Å². The average Bonchev–Trinajstić information content (AvgIpc) is 2.21. The van der Waals surface area contributed by atoms with Gasteiger partial charge in [0, 0.05) is 11.6 Å². The van der Waals surface area contributed by atoms with E-state index in [9.17, 15) is 0 Å². The Morgan fingerprint density at radius 1 is 1.20 bits per heavy atom. The summed E-state index contributed by atoms with van der Waals surface area (Å²) in [5.41, 5.74) is 1.32. The lowest BCUT2D eigenvalue weighted by atomic mass is 10.1. The molecular formula is C12H18ClNO. The first-order valence-corrected chi connectivity index (χ1v) is 5.64. The fraction of sp³-hybridized carbons (Fsp3) is 0.500. The Hall–Kier alpha value is -0.570. The van der Waals surface area contributed by atoms with E-state index in [1.165, 1.54) is 5.56 Å². The first kappa shape index (κ1) is 12.5. The van der Waals surface area contributed by atoms with Crippen molar-refractivity contribution in [1.29, 1.82) is 0 Å². The molecule has 1 rings (SSSR count). The second kappa shape index (κ2) is 6.83. The van der Waals surface area contributed by atoms with Gasteiger partial charge in [-0.2, -0.15) is 0 Å². The lowest BCUT2D eigenvalue weighted by molar-refractivity contribution is 0.220. The number of hydrogen-bond donors (Lipinski definition) is 1. The number of rotatable bonds is 6. The minimum atomic E-state index is 0.234. The third kappa shape index (κ3) is 5.17. The van der Waals surface area contributed by atoms with Gasteiger partial charge in [-0.15, -0.1) is 0 Å². The molecule has 0 bridgehead atoms. The molecule has 0 amide bonds. The zero-order valence-corrected chi connectivity index (χ0v) is 9.87. The molecule has 0 aliphatic rings. The predicted molar refractivity (Wildman–Crippen MR) is 64.4 cm³/mol. The maximum atomic E-state index is 8.73. The molecule has 0 aliphatic heterocycles. The minimum absolute atomic E-state index is 0.234. The van der Waals surface area contributed by atoms with E-state index in [-0.39, 0.29) is 6.61 Å². The van der Waals surface area contributed by atoms with Gasteiger partial charge in [0.15, 0.2) is 0 Å². The van der Waals surface area contributed by atoms with Crippen LogP contribution in [0, 0.1) is 0 Å². The number of benzene rings is 1. The molecule has 15 heavy (non-hydrogen) atoms. The van der Waals surface area contributed by atoms with Gasteiger partial charge in [-0.3, -0.25) is 0 Å². The van der Waals surface area contributed by atoms with E-state index in [0.29, 0.717) is 0 Å². The Morgan fingerprint density at radius 2 is 1.87 bits per heavy atom. The molecule has 1 N–H and O–H groups in total. The van der Waals surface area contributed by atoms with E-state index in [2.05, 4.69) is 17.0 Å². The van der Waals surface area contributed by atoms with E-state index in [1.54, 1.807) is 0 Å². The summed E-state index contributed by atoms with van der Waals surface area (Å²) < 4.78 is 0. The summed E-state index contributed by atoms with van der Waals surface area (Å²) in [7, 11) is 2.03. The molecule has 1 aromatic carbocycles. The number of hydrogen-bond acceptors (Lipinski definition) is 2. The van der Waals surface area contributed by atoms with Gasteiger partial charge in [0.25, 0.3) is 0 Å². The van der Waals surface area contributed by atoms with Crippen molar-refractivity contribution in [2.45, 2.75) is 12.8 Å². The van der Waals surface area contributed by atoms with Gasteiger partial charge in [0.2, 0.25) is 0 Å². The first-order valence-electron chi connectivity index (χ1n) is 5.26. The van der Waals surface area contributed by atoms with Gasteiger partial charge in [-0.25, -0.2) is 0 Å². The fourth-order valence-corrected chi connectivity index (χ4v) is 1.61. The summed E-state index contributed by atoms with van der Waals surface area (Å²) in [6, 6.07) is 7.98. The average molecular weight is 228 g/mol. The second-order valence-corrected chi connectivity index (χ2v) is 4.19. The summed E-state index contributed by atoms with van der Waals surface area (Å²) in [5, 5.41) is 9.52. The third-order valence-electron chi connectivity index (χ3n) is 2.40. The highest BCUT2D eigenvalue weighted by Crippen LogP contribution is 2.10. The van der Waals surface area contributed by atoms with Crippen LogP contribution >= 0.6 is 11.6 Å². The Bertz CT molecular complexity index is 273. The van der Waals surface area contributed by atoms with E-state index >= 15 is 0 Å². The Morgan fingerprint density at radius 3 is 2.47 bits per heavy atom. The molecule has 2 nitrogen and oxygen atoms in total. The molecule has 3 heteroatoms. The fourth-order valence-electron chi connectivity index (χ4n) is 1.49. The third-order valence-corrected chi connectivity index (χ3v) is 2.65. The van der Waals surface area contributed by atoms with Crippen LogP contribution in [0.3, 0.4) is 0 Å². The van der Waals surface area contributed by atoms with Crippen LogP contribution in [0.5, 0.6) is 0 Å². The van der Waals surface area contributed by atoms with Crippen molar-refractivity contribution >= 4 is 11.6 Å². The van der Waals surface area contributed by atoms with Crippen LogP contribution in [0.2, 0.25) is 5.02 Å². The number of nitrogens with zero attached hydrogens (tertiary/aromatic N) is 1. The molecule has 0 aromatic heterocycles. The lowest BCUT2D eigenvalue weighted by Gasteiger charge is -2.14. The molecule has 0 aliphatic carbocycles. The molecular weight excluding hydrogens is 210 g/mol. The van der Waals surface area contributed by atoms with Crippen molar-refractivity contribution in [3.05, 3.63) is 34.9 Å². The van der Waals surface area contributed by atoms with Crippen LogP contribution in [-0.4, -0.2) is 36.8 Å². The van der Waals surface area contributed by atoms with Crippen molar-refractivity contribution < 1.29 is 5.11 Å². The van der Waals surface area contributed by atoms with Crippen molar-refractivity contribution in [3.8, 4) is 0 Å². The van der Waals surface area contributed by atoms with E-state index < -0.39 is 0 Å². The number of aliphatic hydroxyl groups excluding tert-OH is 1. The van der Waals surface area contributed by atoms with Crippen LogP contribution in [0.15, 0.2) is 24.3 Å². The van der Waals surface area contributed by atoms with Crippen LogP contribution < -0.4 is 0 Å². The number of halogens is 1. The quantitative estimate of drug-likeness (QED) is 0.806. The first-order chi connectivity index (χ1) is 7.22. The summed E-state index contributed by atoms with van der Waals surface area (Å²) >= 11 is 5.80. The van der Waals surface area contributed by atoms with E-state index in [0.717, 1.165) is 31.0 Å². The van der Waals surface area contributed by atoms with Gasteiger partial charge in [-0.05, 0) is 44.1 Å². The van der Waals surface area contributed by atoms with Gasteiger partial charge >= 0.3 is 0 Å².